The summed E-state index contributed by atoms with van der Waals surface area (Å²) in [7, 11) is 0. The van der Waals surface area contributed by atoms with Crippen LogP contribution in [0.25, 0.3) is 0 Å². The fourth-order valence-electron chi connectivity index (χ4n) is 1.76. The summed E-state index contributed by atoms with van der Waals surface area (Å²) in [4.78, 5) is 4.59. The molecule has 1 unspecified atom stereocenters. The van der Waals surface area contributed by atoms with E-state index in [-0.39, 0.29) is 5.54 Å². The maximum absolute atomic E-state index is 5.60. The molecule has 1 aliphatic carbocycles. The van der Waals surface area contributed by atoms with Gasteiger partial charge in [-0.3, -0.25) is 0 Å². The Balaban J connectivity index is 2.11. The van der Waals surface area contributed by atoms with Crippen LogP contribution in [0.3, 0.4) is 0 Å². The van der Waals surface area contributed by atoms with Gasteiger partial charge < -0.3 is 10.1 Å². The second-order valence-corrected chi connectivity index (χ2v) is 5.54. The molecule has 1 aromatic heterocycles. The highest BCUT2D eigenvalue weighted by molar-refractivity contribution is 7.09. The van der Waals surface area contributed by atoms with Crippen molar-refractivity contribution in [2.75, 3.05) is 13.2 Å². The van der Waals surface area contributed by atoms with E-state index in [0.717, 1.165) is 17.3 Å². The number of hydrogen-bond donors (Lipinski definition) is 1. The highest BCUT2D eigenvalue weighted by Crippen LogP contribution is 2.30. The van der Waals surface area contributed by atoms with Gasteiger partial charge in [-0.2, -0.15) is 0 Å². The van der Waals surface area contributed by atoms with Gasteiger partial charge in [-0.15, -0.1) is 11.3 Å². The average Bonchev–Trinajstić information content (AvgIpc) is 2.94. The van der Waals surface area contributed by atoms with Gasteiger partial charge >= 0.3 is 0 Å². The molecule has 0 saturated heterocycles. The van der Waals surface area contributed by atoms with E-state index in [1.54, 1.807) is 11.3 Å². The first-order valence-electron chi connectivity index (χ1n) is 5.92. The number of nitrogens with zero attached hydrogens (tertiary/aromatic N) is 1. The molecule has 1 aliphatic rings. The minimum atomic E-state index is -0.115. The molecule has 4 heteroatoms. The van der Waals surface area contributed by atoms with Crippen molar-refractivity contribution in [2.24, 2.45) is 0 Å². The van der Waals surface area contributed by atoms with E-state index >= 15 is 0 Å². The number of aryl methyl sites for hydroxylation is 1. The van der Waals surface area contributed by atoms with Crippen molar-refractivity contribution < 1.29 is 4.74 Å². The fraction of sp³-hybridized carbons (Fsp3) is 0.750. The monoisotopic (exact) mass is 240 g/mol. The van der Waals surface area contributed by atoms with Crippen LogP contribution in [0.1, 0.15) is 37.4 Å². The van der Waals surface area contributed by atoms with E-state index in [1.165, 1.54) is 12.8 Å². The van der Waals surface area contributed by atoms with E-state index in [4.69, 9.17) is 4.74 Å². The van der Waals surface area contributed by atoms with Gasteiger partial charge in [0.2, 0.25) is 0 Å². The zero-order chi connectivity index (χ0) is 11.6. The predicted molar refractivity (Wildman–Crippen MR) is 66.9 cm³/mol. The van der Waals surface area contributed by atoms with Crippen molar-refractivity contribution in [2.45, 2.75) is 45.2 Å². The lowest BCUT2D eigenvalue weighted by molar-refractivity contribution is 0.0820. The Kier molecular flexibility index (Phi) is 3.62. The molecule has 1 N–H and O–H groups in total. The largest absolute Gasteiger partial charge is 0.379 e. The van der Waals surface area contributed by atoms with Crippen LogP contribution in [0.4, 0.5) is 0 Å². The van der Waals surface area contributed by atoms with Gasteiger partial charge in [0.05, 0.1) is 12.1 Å². The zero-order valence-electron chi connectivity index (χ0n) is 10.2. The van der Waals surface area contributed by atoms with Gasteiger partial charge in [-0.1, -0.05) is 0 Å². The molecule has 1 aromatic rings. The van der Waals surface area contributed by atoms with Gasteiger partial charge in [0.25, 0.3) is 0 Å². The molecule has 0 aromatic carbocycles. The van der Waals surface area contributed by atoms with E-state index < -0.39 is 0 Å². The number of aromatic nitrogens is 1. The molecule has 1 heterocycles. The van der Waals surface area contributed by atoms with Crippen LogP contribution in [0.5, 0.6) is 0 Å². The summed E-state index contributed by atoms with van der Waals surface area (Å²) >= 11 is 1.72. The summed E-state index contributed by atoms with van der Waals surface area (Å²) in [6, 6.07) is 0.662. The molecule has 1 saturated carbocycles. The minimum Gasteiger partial charge on any atom is -0.379 e. The van der Waals surface area contributed by atoms with E-state index in [0.29, 0.717) is 12.6 Å². The summed E-state index contributed by atoms with van der Waals surface area (Å²) < 4.78 is 5.60. The highest BCUT2D eigenvalue weighted by Gasteiger charge is 2.36. The standard InChI is InChI=1S/C12H20N2OS/c1-4-15-8-12(3,14-10-5-6-10)11-13-9(2)7-16-11/h7,10,14H,4-6,8H2,1-3H3. The van der Waals surface area contributed by atoms with Gasteiger partial charge in [-0.05, 0) is 33.6 Å². The van der Waals surface area contributed by atoms with Crippen LogP contribution < -0.4 is 5.32 Å². The van der Waals surface area contributed by atoms with Crippen molar-refractivity contribution in [1.29, 1.82) is 0 Å². The normalized spacial score (nSPS) is 19.7. The first-order chi connectivity index (χ1) is 7.64. The Hall–Kier alpha value is -0.450. The summed E-state index contributed by atoms with van der Waals surface area (Å²) in [5.74, 6) is 0. The maximum atomic E-state index is 5.60. The first-order valence-corrected chi connectivity index (χ1v) is 6.80. The van der Waals surface area contributed by atoms with Crippen LogP contribution in [-0.4, -0.2) is 24.2 Å². The second-order valence-electron chi connectivity index (χ2n) is 4.68. The first kappa shape index (κ1) is 12.0. The SMILES string of the molecule is CCOCC(C)(NC1CC1)c1nc(C)cs1. The Morgan fingerprint density at radius 2 is 2.38 bits per heavy atom. The number of hydrogen-bond acceptors (Lipinski definition) is 4. The topological polar surface area (TPSA) is 34.1 Å². The van der Waals surface area contributed by atoms with Gasteiger partial charge in [0.1, 0.15) is 5.01 Å². The quantitative estimate of drug-likeness (QED) is 0.829. The molecule has 0 aliphatic heterocycles. The Bertz CT molecular complexity index is 349. The van der Waals surface area contributed by atoms with Crippen molar-refractivity contribution in [3.8, 4) is 0 Å². The average molecular weight is 240 g/mol. The van der Waals surface area contributed by atoms with E-state index in [2.05, 4.69) is 22.6 Å². The third-order valence-electron chi connectivity index (χ3n) is 2.79. The Labute approximate surface area is 101 Å². The third kappa shape index (κ3) is 2.81. The predicted octanol–water partition coefficient (Wildman–Crippen LogP) is 2.46. The molecule has 0 radical (unpaired) electrons. The Morgan fingerprint density at radius 1 is 1.62 bits per heavy atom. The smallest absolute Gasteiger partial charge is 0.115 e. The molecule has 1 fully saturated rings. The Morgan fingerprint density at radius 3 is 2.88 bits per heavy atom. The van der Waals surface area contributed by atoms with Crippen molar-refractivity contribution in [3.63, 3.8) is 0 Å². The minimum absolute atomic E-state index is 0.115. The lowest BCUT2D eigenvalue weighted by Crippen LogP contribution is -2.45. The summed E-state index contributed by atoms with van der Waals surface area (Å²) in [5.41, 5.74) is 0.983. The van der Waals surface area contributed by atoms with Crippen LogP contribution >= 0.6 is 11.3 Å². The summed E-state index contributed by atoms with van der Waals surface area (Å²) in [6.07, 6.45) is 2.57. The number of rotatable bonds is 6. The number of thiazole rings is 1. The van der Waals surface area contributed by atoms with Gasteiger partial charge in [-0.25, -0.2) is 4.98 Å². The van der Waals surface area contributed by atoms with Crippen LogP contribution in [0, 0.1) is 6.92 Å². The molecule has 90 valence electrons. The van der Waals surface area contributed by atoms with Crippen molar-refractivity contribution in [1.82, 2.24) is 10.3 Å². The molecule has 16 heavy (non-hydrogen) atoms. The fourth-order valence-corrected chi connectivity index (χ4v) is 2.67. The van der Waals surface area contributed by atoms with Crippen LogP contribution in [-0.2, 0) is 10.3 Å². The van der Waals surface area contributed by atoms with E-state index in [9.17, 15) is 0 Å². The molecule has 0 spiro atoms. The zero-order valence-corrected chi connectivity index (χ0v) is 11.1. The summed E-state index contributed by atoms with van der Waals surface area (Å²) in [6.45, 7) is 7.72. The molecular weight excluding hydrogens is 220 g/mol. The summed E-state index contributed by atoms with van der Waals surface area (Å²) in [5, 5.41) is 6.90. The third-order valence-corrected chi connectivity index (χ3v) is 4.01. The molecule has 3 nitrogen and oxygen atoms in total. The van der Waals surface area contributed by atoms with Crippen molar-refractivity contribution in [3.05, 3.63) is 16.1 Å². The number of ether oxygens (including phenoxy) is 1. The van der Waals surface area contributed by atoms with Crippen LogP contribution in [0.15, 0.2) is 5.38 Å². The highest BCUT2D eigenvalue weighted by atomic mass is 32.1. The van der Waals surface area contributed by atoms with Crippen molar-refractivity contribution >= 4 is 11.3 Å². The second kappa shape index (κ2) is 4.82. The lowest BCUT2D eigenvalue weighted by atomic mass is 10.0. The molecule has 2 rings (SSSR count). The molecule has 0 amide bonds. The molecule has 1 atom stereocenters. The van der Waals surface area contributed by atoms with Crippen LogP contribution in [0.2, 0.25) is 0 Å². The molecular formula is C12H20N2OS. The van der Waals surface area contributed by atoms with E-state index in [1.807, 2.05) is 13.8 Å². The van der Waals surface area contributed by atoms with Gasteiger partial charge in [0.15, 0.2) is 0 Å². The number of nitrogens with one attached hydrogen (secondary N) is 1. The lowest BCUT2D eigenvalue weighted by Gasteiger charge is -2.28. The maximum Gasteiger partial charge on any atom is 0.115 e. The molecule has 0 bridgehead atoms. The van der Waals surface area contributed by atoms with Gasteiger partial charge in [0, 0.05) is 23.7 Å².